The van der Waals surface area contributed by atoms with E-state index in [4.69, 9.17) is 66.1 Å². The van der Waals surface area contributed by atoms with Gasteiger partial charge in [-0.1, -0.05) is 13.5 Å². The second kappa shape index (κ2) is 67.8. The van der Waals surface area contributed by atoms with Crippen LogP contribution in [0.2, 0.25) is 0 Å². The number of alkyl halides is 1. The van der Waals surface area contributed by atoms with Crippen LogP contribution in [0.3, 0.4) is 0 Å². The van der Waals surface area contributed by atoms with Gasteiger partial charge in [0.05, 0.1) is 6.42 Å². The molecule has 31 heteroatoms. The summed E-state index contributed by atoms with van der Waals surface area (Å²) in [5.74, 6) is 5.00. The van der Waals surface area contributed by atoms with Crippen LogP contribution in [0.1, 0.15) is 239 Å². The first-order valence-electron chi connectivity index (χ1n) is 43.6. The molecule has 0 unspecified atom stereocenters. The number of benzene rings is 5. The number of hydrogen-bond donors (Lipinski definition) is 3. The number of halogens is 2. The van der Waals surface area contributed by atoms with Gasteiger partial charge in [0.25, 0.3) is 6.47 Å². The number of likely N-dealkylation sites (tertiary alicyclic amines) is 3. The van der Waals surface area contributed by atoms with Crippen LogP contribution in [0.4, 0.5) is 14.4 Å². The van der Waals surface area contributed by atoms with Crippen molar-refractivity contribution in [1.82, 2.24) is 40.4 Å². The molecule has 0 atom stereocenters. The molecule has 0 aliphatic carbocycles. The third-order valence-corrected chi connectivity index (χ3v) is 19.7. The molecule has 0 bridgehead atoms. The average Bonchev–Trinajstić information content (AvgIpc) is 0.837. The van der Waals surface area contributed by atoms with E-state index in [-0.39, 0.29) is 209 Å². The fraction of sp³-hybridized carbons (Fsp3) is 0.561. The number of ether oxygens (including phenoxy) is 8. The number of carbonyl (C=O) groups excluding carboxylic acids is 9. The van der Waals surface area contributed by atoms with Crippen LogP contribution in [0.15, 0.2) is 140 Å². The van der Waals surface area contributed by atoms with E-state index in [0.717, 1.165) is 156 Å². The van der Waals surface area contributed by atoms with Crippen molar-refractivity contribution in [2.75, 3.05) is 127 Å². The van der Waals surface area contributed by atoms with E-state index < -0.39 is 16.8 Å². The summed E-state index contributed by atoms with van der Waals surface area (Å²) >= 11 is 5.62. The maximum atomic E-state index is 12.2. The predicted octanol–water partition coefficient (Wildman–Crippen LogP) is 11.0. The average molecular weight is 1890 g/mol. The predicted molar refractivity (Wildman–Crippen MR) is 502 cm³/mol. The molecule has 5 aliphatic rings. The molecule has 0 saturated carbocycles. The molecule has 10 rings (SSSR count). The molecule has 0 spiro atoms. The summed E-state index contributed by atoms with van der Waals surface area (Å²) in [6, 6.07) is 36.7. The first kappa shape index (κ1) is 123. The molecule has 5 heterocycles. The second-order valence-electron chi connectivity index (χ2n) is 34.5. The van der Waals surface area contributed by atoms with Gasteiger partial charge in [-0.15, -0.1) is 30.6 Å². The summed E-state index contributed by atoms with van der Waals surface area (Å²) in [7, 11) is 11.8. The smallest absolute Gasteiger partial charge is 1.00 e. The number of rotatable bonds is 31. The number of Topliss-reactive ketones (excluding diaryl/α,β-unsaturated/α-hetero) is 5. The molecule has 5 fully saturated rings. The summed E-state index contributed by atoms with van der Waals surface area (Å²) in [4.78, 5) is 116. The number of amides is 3. The topological polar surface area (TPSA) is 312 Å². The van der Waals surface area contributed by atoms with Gasteiger partial charge in [-0.2, -0.15) is 0 Å². The van der Waals surface area contributed by atoms with E-state index in [2.05, 4.69) is 37.2 Å². The molecule has 3 N–H and O–H groups in total. The minimum absolute atomic E-state index is 0. The third kappa shape index (κ3) is 54.0. The van der Waals surface area contributed by atoms with Gasteiger partial charge in [0.15, 0.2) is 35.0 Å². The molecule has 5 aromatic carbocycles. The number of allylic oxidation sites excluding steroid dienone is 2. The number of piperidine rings is 5. The van der Waals surface area contributed by atoms with Crippen molar-refractivity contribution < 1.29 is 195 Å². The van der Waals surface area contributed by atoms with E-state index in [9.17, 15) is 38.4 Å². The minimum atomic E-state index is -0.479. The maximum Gasteiger partial charge on any atom is 1.00 e. The molecule has 129 heavy (non-hydrogen) atoms. The molecule has 708 valence electrons. The Labute approximate surface area is 867 Å². The van der Waals surface area contributed by atoms with Crippen LogP contribution in [0, 0.1) is 6.58 Å². The van der Waals surface area contributed by atoms with E-state index >= 15 is 0 Å². The monoisotopic (exact) mass is 1890 g/mol. The third-order valence-electron chi connectivity index (χ3n) is 19.5. The van der Waals surface area contributed by atoms with Gasteiger partial charge in [0.1, 0.15) is 76.1 Å². The van der Waals surface area contributed by atoms with Gasteiger partial charge in [-0.05, 0) is 310 Å². The molecule has 5 saturated heterocycles. The standard InChI is InChI=1S/C22H34N2O4.C20H28ClNO4.C20H27NO4.C17H26N2O2.C15H18NO2.C2H7N.CH2O3.CH4.ClH.2K.H/c1-22(2,3)28-21(26)24-15-12-19(13-16-24)27-18-10-8-17(9-11-18)20(25)7-6-14-23(4)5;1-20(2,3)26-19(24)22-13-10-17(11-14-22)25-16-8-6-15(7-9-16)18(23)5-4-12-21;1-5-6-18(22)15-7-9-16(10-8-15)24-17-11-13-21(14-12-17)19(23)25-20(2,3)4;1-19(2)13-3-4-17(20)14-5-7-15(8-6-14)21-16-9-11-18-12-10-16;1-2-3-15(17)12-4-6-13(7-5-12)18-14-8-10-16-11-9-14;1-3-2;2-1-4-3;;;;;/h8-11,19H,6-7,12-16H2,1-5H3;6-9,17H,4-5,10-14H2,1-3H3;5,7-10,17H,1,6,11-14H2,2-4H3;5-8,16,18H,3-4,9-13H2,1-2H3;1-2,4-7,14,16H,3,8-11H2;3H,1-2H3;1,3H;1H4;1H;;;/q;;;;+1;;;;;2*+1;-1/p-1. The van der Waals surface area contributed by atoms with E-state index in [1.165, 1.54) is 6.08 Å². The number of ketones is 5. The Kier molecular flexibility index (Phi) is 64.5. The second-order valence-corrected chi connectivity index (χ2v) is 34.8. The number of nitrogens with one attached hydrogen (secondary N) is 3. The number of carbonyl (C=O) groups is 9. The Morgan fingerprint density at radius 3 is 0.860 bits per heavy atom. The van der Waals surface area contributed by atoms with Crippen molar-refractivity contribution in [1.29, 1.82) is 0 Å². The molecule has 27 nitrogen and oxygen atoms in total. The Hall–Kier alpha value is -6.27. The quantitative estimate of drug-likeness (QED) is 0.00427. The van der Waals surface area contributed by atoms with Crippen LogP contribution >= 0.6 is 24.0 Å². The first-order chi connectivity index (χ1) is 59.5. The van der Waals surface area contributed by atoms with Gasteiger partial charge in [-0.3, -0.25) is 28.8 Å². The van der Waals surface area contributed by atoms with Crippen molar-refractivity contribution in [2.24, 2.45) is 0 Å². The fourth-order valence-electron chi connectivity index (χ4n) is 13.1. The largest absolute Gasteiger partial charge is 1.00 e. The van der Waals surface area contributed by atoms with E-state index in [0.29, 0.717) is 100 Å². The summed E-state index contributed by atoms with van der Waals surface area (Å²) in [6.45, 7) is 35.1. The minimum Gasteiger partial charge on any atom is -1.00 e. The fourth-order valence-corrected chi connectivity index (χ4v) is 13.2. The Morgan fingerprint density at radius 2 is 0.659 bits per heavy atom. The van der Waals surface area contributed by atoms with Crippen molar-refractivity contribution in [3.8, 4) is 28.7 Å². The summed E-state index contributed by atoms with van der Waals surface area (Å²) in [5, 5.41) is 17.8. The zero-order valence-corrected chi connectivity index (χ0v) is 87.0. The van der Waals surface area contributed by atoms with Crippen molar-refractivity contribution in [3.63, 3.8) is 0 Å². The van der Waals surface area contributed by atoms with E-state index in [1.54, 1.807) is 57.2 Å². The van der Waals surface area contributed by atoms with Crippen LogP contribution in [0.25, 0.3) is 0 Å². The van der Waals surface area contributed by atoms with Crippen LogP contribution in [0.5, 0.6) is 28.7 Å². The first-order valence-corrected chi connectivity index (χ1v) is 44.2. The zero-order valence-electron chi connectivity index (χ0n) is 80.1. The Balaban J connectivity index is 0. The van der Waals surface area contributed by atoms with Gasteiger partial charge >= 0.3 is 121 Å². The summed E-state index contributed by atoms with van der Waals surface area (Å²) < 4.78 is 46.0. The molecular formula is C98H147Cl2K2N8O19+. The van der Waals surface area contributed by atoms with Gasteiger partial charge in [-0.25, -0.2) is 14.4 Å². The Morgan fingerprint density at radius 1 is 0.442 bits per heavy atom. The molecule has 5 aromatic rings. The number of nitrogens with zero attached hydrogens (tertiary/aromatic N) is 5. The summed E-state index contributed by atoms with van der Waals surface area (Å²) in [6.07, 6.45) is 16.4. The Bertz CT molecular complexity index is 3990. The maximum absolute atomic E-state index is 12.2. The number of hydrogen-bond acceptors (Lipinski definition) is 24. The van der Waals surface area contributed by atoms with Crippen LogP contribution < -0.4 is 148 Å². The van der Waals surface area contributed by atoms with Gasteiger partial charge < -0.3 is 89.9 Å². The normalized spacial score (nSPS) is 14.7. The molecule has 3 amide bonds. The van der Waals surface area contributed by atoms with Crippen molar-refractivity contribution in [3.05, 3.63) is 174 Å². The van der Waals surface area contributed by atoms with Gasteiger partial charge in [0.2, 0.25) is 6.58 Å². The molecule has 5 aliphatic heterocycles. The summed E-state index contributed by atoms with van der Waals surface area (Å²) in [5.41, 5.74) is 2.10. The zero-order chi connectivity index (χ0) is 92.3. The van der Waals surface area contributed by atoms with Crippen molar-refractivity contribution >= 4 is 77.7 Å². The molecule has 0 radical (unpaired) electrons. The van der Waals surface area contributed by atoms with Crippen LogP contribution in [-0.2, 0) is 23.9 Å². The molecule has 0 aromatic heterocycles. The van der Waals surface area contributed by atoms with Gasteiger partial charge in [0, 0.05) is 137 Å². The van der Waals surface area contributed by atoms with Crippen molar-refractivity contribution in [2.45, 2.75) is 233 Å². The van der Waals surface area contributed by atoms with Crippen LogP contribution in [-0.4, -0.2) is 252 Å². The SMILES string of the molecule is C.C=CCC(=O)c1ccc(OC2CCN(C(=O)OC(C)(C)C)CC2)cc1.CC(C)(C)OC(=O)N1CCC(Oc2ccc(C(=O)CCCCl)cc2)CC1.CN(C)CCCC(=O)c1ccc(OC2CCN(C(=O)OC(C)(C)C)CC2)cc1.CN(C)CCCC(=O)c1ccc(OC2CCNCC2)cc1.CNC.Cl.O=CO[O-].[CH+]=CCC(=O)c1ccc(OC2CCNCC2)cc1.[H-].[K+].[K+]. The molecular weight excluding hydrogens is 1740 g/mol. The van der Waals surface area contributed by atoms with E-state index in [1.807, 2.05) is 190 Å².